The molecule has 21 heavy (non-hydrogen) atoms. The van der Waals surface area contributed by atoms with E-state index in [4.69, 9.17) is 20.4 Å². The molecule has 0 fully saturated rings. The van der Waals surface area contributed by atoms with Crippen molar-refractivity contribution in [2.24, 2.45) is 0 Å². The average molecular weight is 307 g/mol. The van der Waals surface area contributed by atoms with Gasteiger partial charge in [0.1, 0.15) is 23.5 Å². The largest absolute Gasteiger partial charge is 0.495 e. The number of allylic oxidation sites excluding steroid dienone is 1. The van der Waals surface area contributed by atoms with Crippen LogP contribution in [0.2, 0.25) is 0 Å². The summed E-state index contributed by atoms with van der Waals surface area (Å²) >= 11 is 0. The third-order valence-corrected chi connectivity index (χ3v) is 4.20. The van der Waals surface area contributed by atoms with Crippen LogP contribution in [0.3, 0.4) is 0 Å². The molecule has 0 bridgehead atoms. The van der Waals surface area contributed by atoms with E-state index in [1.807, 2.05) is 0 Å². The number of sulfone groups is 1. The second-order valence-electron chi connectivity index (χ2n) is 3.83. The summed E-state index contributed by atoms with van der Waals surface area (Å²) in [5.41, 5.74) is 0.125. The van der Waals surface area contributed by atoms with Crippen LogP contribution in [0.4, 0.5) is 5.69 Å². The summed E-state index contributed by atoms with van der Waals surface area (Å²) in [7, 11) is -2.20. The highest BCUT2D eigenvalue weighted by molar-refractivity contribution is 7.91. The minimum Gasteiger partial charge on any atom is -0.495 e. The molecule has 0 aliphatic rings. The Morgan fingerprint density at radius 1 is 1.43 bits per heavy atom. The first-order chi connectivity index (χ1) is 9.98. The van der Waals surface area contributed by atoms with Gasteiger partial charge in [0.05, 0.1) is 30.1 Å². The molecular weight excluding hydrogens is 294 g/mol. The Morgan fingerprint density at radius 2 is 2.10 bits per heavy atom. The monoisotopic (exact) mass is 307 g/mol. The van der Waals surface area contributed by atoms with Gasteiger partial charge in [-0.2, -0.15) is 10.5 Å². The summed E-state index contributed by atoms with van der Waals surface area (Å²) in [6.45, 7) is -0.482. The number of anilines is 1. The van der Waals surface area contributed by atoms with Crippen LogP contribution in [-0.4, -0.2) is 33.0 Å². The summed E-state index contributed by atoms with van der Waals surface area (Å²) < 4.78 is 28.8. The van der Waals surface area contributed by atoms with Crippen LogP contribution in [0, 0.1) is 22.7 Å². The summed E-state index contributed by atoms with van der Waals surface area (Å²) in [6.07, 6.45) is 1.15. The predicted octanol–water partition coefficient (Wildman–Crippen LogP) is 0.804. The maximum absolute atomic E-state index is 11.9. The molecule has 0 amide bonds. The van der Waals surface area contributed by atoms with E-state index in [9.17, 15) is 8.42 Å². The summed E-state index contributed by atoms with van der Waals surface area (Å²) in [5.74, 6) is -0.0413. The number of benzene rings is 1. The van der Waals surface area contributed by atoms with Crippen molar-refractivity contribution in [1.82, 2.24) is 0 Å². The molecule has 0 aliphatic heterocycles. The number of nitrogens with one attached hydrogen (secondary N) is 1. The number of nitrogens with zero attached hydrogens (tertiary/aromatic N) is 2. The fourth-order valence-corrected chi connectivity index (χ4v) is 2.52. The lowest BCUT2D eigenvalue weighted by atomic mass is 10.3. The number of hydrogen-bond acceptors (Lipinski definition) is 7. The fraction of sp³-hybridized carbons (Fsp3) is 0.231. The fourth-order valence-electron chi connectivity index (χ4n) is 1.47. The zero-order valence-electron chi connectivity index (χ0n) is 11.2. The molecule has 0 unspecified atom stereocenters. The Hall–Kier alpha value is -2.55. The standard InChI is InChI=1S/C13H13N3O4S/c1-20-13-3-2-11(21(18,19)5-4-17)6-12(13)16-9-10(7-14)8-15/h2-3,6,9,16-17H,4-5H2,1H3. The maximum Gasteiger partial charge on any atom is 0.180 e. The second kappa shape index (κ2) is 7.29. The average Bonchev–Trinajstić information content (AvgIpc) is 2.48. The zero-order valence-corrected chi connectivity index (χ0v) is 12.0. The van der Waals surface area contributed by atoms with Crippen LogP contribution >= 0.6 is 0 Å². The van der Waals surface area contributed by atoms with Crippen molar-refractivity contribution in [2.75, 3.05) is 24.8 Å². The van der Waals surface area contributed by atoms with Gasteiger partial charge in [-0.15, -0.1) is 0 Å². The highest BCUT2D eigenvalue weighted by Gasteiger charge is 2.16. The van der Waals surface area contributed by atoms with Crippen LogP contribution in [0.25, 0.3) is 0 Å². The van der Waals surface area contributed by atoms with Crippen molar-refractivity contribution in [2.45, 2.75) is 4.90 Å². The predicted molar refractivity (Wildman–Crippen MR) is 75.1 cm³/mol. The van der Waals surface area contributed by atoms with Crippen molar-refractivity contribution in [3.05, 3.63) is 30.0 Å². The van der Waals surface area contributed by atoms with E-state index < -0.39 is 22.2 Å². The molecule has 0 aliphatic carbocycles. The summed E-state index contributed by atoms with van der Waals surface area (Å²) in [6, 6.07) is 7.45. The molecule has 0 spiro atoms. The molecule has 0 atom stereocenters. The number of aliphatic hydroxyl groups excluding tert-OH is 1. The van der Waals surface area contributed by atoms with E-state index in [1.54, 1.807) is 12.1 Å². The van der Waals surface area contributed by atoms with Crippen LogP contribution in [0.15, 0.2) is 34.9 Å². The smallest absolute Gasteiger partial charge is 0.180 e. The lowest BCUT2D eigenvalue weighted by Crippen LogP contribution is -2.10. The van der Waals surface area contributed by atoms with Crippen LogP contribution in [-0.2, 0) is 9.84 Å². The van der Waals surface area contributed by atoms with Gasteiger partial charge in [-0.1, -0.05) is 0 Å². The van der Waals surface area contributed by atoms with E-state index >= 15 is 0 Å². The SMILES string of the molecule is COc1ccc(S(=O)(=O)CCO)cc1NC=C(C#N)C#N. The lowest BCUT2D eigenvalue weighted by molar-refractivity contribution is 0.319. The zero-order chi connectivity index (χ0) is 15.9. The minimum absolute atomic E-state index is 0.00344. The molecule has 1 aromatic rings. The van der Waals surface area contributed by atoms with Gasteiger partial charge in [0.15, 0.2) is 9.84 Å². The molecule has 110 valence electrons. The van der Waals surface area contributed by atoms with E-state index in [0.29, 0.717) is 11.4 Å². The highest BCUT2D eigenvalue weighted by atomic mass is 32.2. The summed E-state index contributed by atoms with van der Waals surface area (Å²) in [5, 5.41) is 28.7. The molecule has 0 heterocycles. The van der Waals surface area contributed by atoms with Crippen molar-refractivity contribution in [3.63, 3.8) is 0 Å². The van der Waals surface area contributed by atoms with Crippen molar-refractivity contribution in [3.8, 4) is 17.9 Å². The number of ether oxygens (including phenoxy) is 1. The topological polar surface area (TPSA) is 123 Å². The van der Waals surface area contributed by atoms with E-state index in [-0.39, 0.29) is 10.5 Å². The molecule has 0 saturated carbocycles. The van der Waals surface area contributed by atoms with Crippen LogP contribution < -0.4 is 10.1 Å². The molecule has 1 aromatic carbocycles. The van der Waals surface area contributed by atoms with E-state index in [2.05, 4.69) is 5.32 Å². The molecule has 1 rings (SSSR count). The van der Waals surface area contributed by atoms with Crippen LogP contribution in [0.1, 0.15) is 0 Å². The van der Waals surface area contributed by atoms with Gasteiger partial charge in [-0.3, -0.25) is 0 Å². The Kier molecular flexibility index (Phi) is 5.73. The Balaban J connectivity index is 3.23. The number of methoxy groups -OCH3 is 1. The van der Waals surface area contributed by atoms with Gasteiger partial charge in [-0.05, 0) is 18.2 Å². The van der Waals surface area contributed by atoms with Crippen molar-refractivity contribution < 1.29 is 18.3 Å². The number of aliphatic hydroxyl groups is 1. The maximum atomic E-state index is 11.9. The van der Waals surface area contributed by atoms with E-state index in [1.165, 1.54) is 25.3 Å². The molecule has 0 saturated heterocycles. The lowest BCUT2D eigenvalue weighted by Gasteiger charge is -2.10. The molecular formula is C13H13N3O4S. The number of hydrogen-bond donors (Lipinski definition) is 2. The first kappa shape index (κ1) is 16.5. The molecule has 8 heteroatoms. The van der Waals surface area contributed by atoms with Gasteiger partial charge in [0, 0.05) is 6.20 Å². The first-order valence-electron chi connectivity index (χ1n) is 5.77. The molecule has 0 aromatic heterocycles. The van der Waals surface area contributed by atoms with Crippen molar-refractivity contribution in [1.29, 1.82) is 10.5 Å². The second-order valence-corrected chi connectivity index (χ2v) is 5.94. The Labute approximate surface area is 122 Å². The van der Waals surface area contributed by atoms with Crippen molar-refractivity contribution >= 4 is 15.5 Å². The quantitative estimate of drug-likeness (QED) is 0.745. The highest BCUT2D eigenvalue weighted by Crippen LogP contribution is 2.28. The molecule has 2 N–H and O–H groups in total. The number of rotatable bonds is 6. The molecule has 0 radical (unpaired) electrons. The van der Waals surface area contributed by atoms with Gasteiger partial charge in [0.25, 0.3) is 0 Å². The normalized spacial score (nSPS) is 10.1. The van der Waals surface area contributed by atoms with Crippen LogP contribution in [0.5, 0.6) is 5.75 Å². The third-order valence-electron chi connectivity index (χ3n) is 2.50. The Morgan fingerprint density at radius 3 is 2.62 bits per heavy atom. The minimum atomic E-state index is -3.60. The molecule has 7 nitrogen and oxygen atoms in total. The third kappa shape index (κ3) is 4.21. The van der Waals surface area contributed by atoms with Gasteiger partial charge in [-0.25, -0.2) is 8.42 Å². The number of nitriles is 2. The van der Waals surface area contributed by atoms with Gasteiger partial charge >= 0.3 is 0 Å². The Bertz CT molecular complexity index is 711. The van der Waals surface area contributed by atoms with E-state index in [0.717, 1.165) is 6.20 Å². The van der Waals surface area contributed by atoms with Gasteiger partial charge in [0.2, 0.25) is 0 Å². The first-order valence-corrected chi connectivity index (χ1v) is 7.42. The van der Waals surface area contributed by atoms with Gasteiger partial charge < -0.3 is 15.2 Å². The summed E-state index contributed by atoms with van der Waals surface area (Å²) in [4.78, 5) is 0.00344.